The molecule has 0 aliphatic rings. The van der Waals surface area contributed by atoms with E-state index in [1.54, 1.807) is 24.3 Å². The maximum atomic E-state index is 12.3. The highest BCUT2D eigenvalue weighted by Crippen LogP contribution is 2.15. The second-order valence-corrected chi connectivity index (χ2v) is 5.31. The third kappa shape index (κ3) is 3.37. The van der Waals surface area contributed by atoms with Crippen LogP contribution in [0, 0.1) is 0 Å². The molecule has 3 aromatic carbocycles. The van der Waals surface area contributed by atoms with Crippen LogP contribution in [0.25, 0.3) is 10.8 Å². The number of fused-ring (bicyclic) bond motifs is 1. The van der Waals surface area contributed by atoms with Gasteiger partial charge < -0.3 is 11.1 Å². The smallest absolute Gasteiger partial charge is 0.251 e. The first kappa shape index (κ1) is 14.8. The van der Waals surface area contributed by atoms with Crippen LogP contribution < -0.4 is 11.1 Å². The van der Waals surface area contributed by atoms with E-state index in [-0.39, 0.29) is 5.91 Å². The van der Waals surface area contributed by atoms with Gasteiger partial charge in [0.05, 0.1) is 0 Å². The second-order valence-electron chi connectivity index (χ2n) is 5.31. The monoisotopic (exact) mass is 304 g/mol. The Morgan fingerprint density at radius 3 is 2.17 bits per heavy atom. The molecule has 4 nitrogen and oxygen atoms in total. The van der Waals surface area contributed by atoms with Crippen LogP contribution in [-0.4, -0.2) is 11.8 Å². The van der Waals surface area contributed by atoms with Crippen LogP contribution in [0.15, 0.2) is 66.7 Å². The van der Waals surface area contributed by atoms with Crippen molar-refractivity contribution in [2.45, 2.75) is 6.54 Å². The first-order valence-corrected chi connectivity index (χ1v) is 7.29. The van der Waals surface area contributed by atoms with E-state index in [1.807, 2.05) is 42.5 Å². The number of hydrogen-bond donors (Lipinski definition) is 2. The molecule has 0 aromatic heterocycles. The fourth-order valence-corrected chi connectivity index (χ4v) is 2.40. The van der Waals surface area contributed by atoms with Gasteiger partial charge in [-0.05, 0) is 40.6 Å². The van der Waals surface area contributed by atoms with E-state index in [4.69, 9.17) is 5.73 Å². The minimum atomic E-state index is -0.461. The molecule has 0 saturated carbocycles. The fourth-order valence-electron chi connectivity index (χ4n) is 2.40. The van der Waals surface area contributed by atoms with Crippen molar-refractivity contribution in [1.29, 1.82) is 0 Å². The quantitative estimate of drug-likeness (QED) is 0.778. The third-order valence-electron chi connectivity index (χ3n) is 3.70. The highest BCUT2D eigenvalue weighted by atomic mass is 16.2. The number of primary amides is 1. The van der Waals surface area contributed by atoms with Gasteiger partial charge in [-0.2, -0.15) is 0 Å². The van der Waals surface area contributed by atoms with Crippen LogP contribution >= 0.6 is 0 Å². The maximum Gasteiger partial charge on any atom is 0.251 e. The standard InChI is InChI=1S/C19H16N2O2/c20-18(22)15-7-5-13(6-8-15)12-21-19(23)17-10-9-14-3-1-2-4-16(14)11-17/h1-11H,12H2,(H2,20,22)(H,21,23). The molecule has 23 heavy (non-hydrogen) atoms. The molecule has 0 fully saturated rings. The molecule has 0 aliphatic heterocycles. The Kier molecular flexibility index (Phi) is 4.06. The Bertz CT molecular complexity index is 870. The predicted octanol–water partition coefficient (Wildman–Crippen LogP) is 2.87. The number of carbonyl (C=O) groups is 2. The van der Waals surface area contributed by atoms with Crippen molar-refractivity contribution in [2.24, 2.45) is 5.73 Å². The first-order chi connectivity index (χ1) is 11.1. The average molecular weight is 304 g/mol. The molecule has 0 spiro atoms. The highest BCUT2D eigenvalue weighted by molar-refractivity contribution is 5.98. The normalized spacial score (nSPS) is 10.4. The average Bonchev–Trinajstić information content (AvgIpc) is 2.59. The third-order valence-corrected chi connectivity index (χ3v) is 3.70. The fraction of sp³-hybridized carbons (Fsp3) is 0.0526. The summed E-state index contributed by atoms with van der Waals surface area (Å²) in [5.41, 5.74) is 7.18. The molecule has 0 saturated heterocycles. The summed E-state index contributed by atoms with van der Waals surface area (Å²) in [6.45, 7) is 0.394. The van der Waals surface area contributed by atoms with Gasteiger partial charge in [0, 0.05) is 17.7 Å². The van der Waals surface area contributed by atoms with Crippen LogP contribution in [0.3, 0.4) is 0 Å². The van der Waals surface area contributed by atoms with Gasteiger partial charge in [0.1, 0.15) is 0 Å². The number of hydrogen-bond acceptors (Lipinski definition) is 2. The summed E-state index contributed by atoms with van der Waals surface area (Å²) in [6, 6.07) is 20.4. The van der Waals surface area contributed by atoms with Crippen molar-refractivity contribution >= 4 is 22.6 Å². The SMILES string of the molecule is NC(=O)c1ccc(CNC(=O)c2ccc3ccccc3c2)cc1. The van der Waals surface area contributed by atoms with Gasteiger partial charge in [-0.3, -0.25) is 9.59 Å². The van der Waals surface area contributed by atoms with E-state index in [0.29, 0.717) is 17.7 Å². The van der Waals surface area contributed by atoms with Gasteiger partial charge in [-0.25, -0.2) is 0 Å². The number of benzene rings is 3. The largest absolute Gasteiger partial charge is 0.366 e. The van der Waals surface area contributed by atoms with Crippen molar-refractivity contribution in [1.82, 2.24) is 5.32 Å². The zero-order chi connectivity index (χ0) is 16.2. The summed E-state index contributed by atoms with van der Waals surface area (Å²) in [5, 5.41) is 5.01. The zero-order valence-corrected chi connectivity index (χ0v) is 12.5. The molecule has 0 atom stereocenters. The van der Waals surface area contributed by atoms with Crippen LogP contribution in [-0.2, 0) is 6.54 Å². The minimum Gasteiger partial charge on any atom is -0.366 e. The lowest BCUT2D eigenvalue weighted by molar-refractivity contribution is 0.0949. The summed E-state index contributed by atoms with van der Waals surface area (Å²) in [6.07, 6.45) is 0. The van der Waals surface area contributed by atoms with Gasteiger partial charge in [-0.1, -0.05) is 42.5 Å². The topological polar surface area (TPSA) is 72.2 Å². The van der Waals surface area contributed by atoms with E-state index in [1.165, 1.54) is 0 Å². The van der Waals surface area contributed by atoms with Crippen molar-refractivity contribution in [3.8, 4) is 0 Å². The Balaban J connectivity index is 1.69. The zero-order valence-electron chi connectivity index (χ0n) is 12.5. The van der Waals surface area contributed by atoms with E-state index >= 15 is 0 Å². The van der Waals surface area contributed by atoms with Crippen LogP contribution in [0.5, 0.6) is 0 Å². The molecule has 3 rings (SSSR count). The maximum absolute atomic E-state index is 12.3. The van der Waals surface area contributed by atoms with E-state index in [0.717, 1.165) is 16.3 Å². The molecule has 0 radical (unpaired) electrons. The molecule has 3 N–H and O–H groups in total. The summed E-state index contributed by atoms with van der Waals surface area (Å²) in [7, 11) is 0. The highest BCUT2D eigenvalue weighted by Gasteiger charge is 2.06. The second kappa shape index (κ2) is 6.32. The molecule has 0 unspecified atom stereocenters. The van der Waals surface area contributed by atoms with Crippen molar-refractivity contribution in [3.63, 3.8) is 0 Å². The summed E-state index contributed by atoms with van der Waals surface area (Å²) < 4.78 is 0. The van der Waals surface area contributed by atoms with Gasteiger partial charge in [0.15, 0.2) is 0 Å². The first-order valence-electron chi connectivity index (χ1n) is 7.29. The summed E-state index contributed by atoms with van der Waals surface area (Å²) >= 11 is 0. The van der Waals surface area contributed by atoms with Crippen molar-refractivity contribution in [2.75, 3.05) is 0 Å². The van der Waals surface area contributed by atoms with E-state index in [2.05, 4.69) is 5.32 Å². The Morgan fingerprint density at radius 2 is 1.48 bits per heavy atom. The Morgan fingerprint density at radius 1 is 0.826 bits per heavy atom. The van der Waals surface area contributed by atoms with Gasteiger partial charge in [-0.15, -0.1) is 0 Å². The molecule has 0 heterocycles. The minimum absolute atomic E-state index is 0.130. The summed E-state index contributed by atoms with van der Waals surface area (Å²) in [4.78, 5) is 23.3. The number of nitrogens with one attached hydrogen (secondary N) is 1. The van der Waals surface area contributed by atoms with Crippen LogP contribution in [0.2, 0.25) is 0 Å². The van der Waals surface area contributed by atoms with Gasteiger partial charge in [0.2, 0.25) is 5.91 Å². The number of carbonyl (C=O) groups excluding carboxylic acids is 2. The lowest BCUT2D eigenvalue weighted by Crippen LogP contribution is -2.22. The molecular formula is C19H16N2O2. The lowest BCUT2D eigenvalue weighted by atomic mass is 10.1. The molecule has 2 amide bonds. The Hall–Kier alpha value is -3.14. The molecule has 114 valence electrons. The Labute approximate surface area is 133 Å². The molecule has 3 aromatic rings. The van der Waals surface area contributed by atoms with Gasteiger partial charge in [0.25, 0.3) is 5.91 Å². The van der Waals surface area contributed by atoms with Crippen LogP contribution in [0.1, 0.15) is 26.3 Å². The molecule has 4 heteroatoms. The number of rotatable bonds is 4. The molecule has 0 aliphatic carbocycles. The molecule has 0 bridgehead atoms. The predicted molar refractivity (Wildman–Crippen MR) is 90.1 cm³/mol. The summed E-state index contributed by atoms with van der Waals surface area (Å²) in [5.74, 6) is -0.591. The van der Waals surface area contributed by atoms with Gasteiger partial charge >= 0.3 is 0 Å². The van der Waals surface area contributed by atoms with E-state index in [9.17, 15) is 9.59 Å². The molecular weight excluding hydrogens is 288 g/mol. The van der Waals surface area contributed by atoms with Crippen LogP contribution in [0.4, 0.5) is 0 Å². The van der Waals surface area contributed by atoms with Crippen molar-refractivity contribution < 1.29 is 9.59 Å². The number of amides is 2. The number of nitrogens with two attached hydrogens (primary N) is 1. The lowest BCUT2D eigenvalue weighted by Gasteiger charge is -2.07. The van der Waals surface area contributed by atoms with Crippen molar-refractivity contribution in [3.05, 3.63) is 83.4 Å². The van der Waals surface area contributed by atoms with E-state index < -0.39 is 5.91 Å².